The number of rotatable bonds is 5. The van der Waals surface area contributed by atoms with Gasteiger partial charge in [0, 0.05) is 30.0 Å². The van der Waals surface area contributed by atoms with Gasteiger partial charge in [-0.2, -0.15) is 0 Å². The van der Waals surface area contributed by atoms with E-state index in [-0.39, 0.29) is 5.41 Å². The summed E-state index contributed by atoms with van der Waals surface area (Å²) in [5.74, 6) is 0. The molecule has 0 aliphatic heterocycles. The van der Waals surface area contributed by atoms with E-state index in [0.29, 0.717) is 6.61 Å². The number of hydrogen-bond donors (Lipinski definition) is 1. The van der Waals surface area contributed by atoms with Crippen LogP contribution in [0, 0.1) is 5.41 Å². The van der Waals surface area contributed by atoms with E-state index < -0.39 is 0 Å². The average molecular weight is 211 g/mol. The molecular formula is C11H17NOS. The monoisotopic (exact) mass is 211 g/mol. The predicted molar refractivity (Wildman–Crippen MR) is 59.4 cm³/mol. The van der Waals surface area contributed by atoms with Crippen LogP contribution in [0.1, 0.15) is 17.7 Å². The van der Waals surface area contributed by atoms with Gasteiger partial charge in [0.1, 0.15) is 0 Å². The van der Waals surface area contributed by atoms with Gasteiger partial charge in [0.05, 0.1) is 0 Å². The molecule has 2 nitrogen and oxygen atoms in total. The molecule has 14 heavy (non-hydrogen) atoms. The summed E-state index contributed by atoms with van der Waals surface area (Å²) in [5.41, 5.74) is 0.242. The molecule has 0 aromatic carbocycles. The van der Waals surface area contributed by atoms with Crippen molar-refractivity contribution in [1.29, 1.82) is 0 Å². The smallest absolute Gasteiger partial charge is 0.0499 e. The van der Waals surface area contributed by atoms with Crippen molar-refractivity contribution in [3.63, 3.8) is 0 Å². The highest BCUT2D eigenvalue weighted by Gasteiger charge is 2.42. The van der Waals surface area contributed by atoms with Crippen LogP contribution >= 0.6 is 11.3 Å². The lowest BCUT2D eigenvalue weighted by Gasteiger charge is -2.21. The van der Waals surface area contributed by atoms with Crippen LogP contribution in [0.25, 0.3) is 0 Å². The molecule has 1 aliphatic carbocycles. The second-order valence-corrected chi connectivity index (χ2v) is 5.44. The van der Waals surface area contributed by atoms with E-state index in [1.807, 2.05) is 0 Å². The maximum absolute atomic E-state index is 9.21. The van der Waals surface area contributed by atoms with E-state index in [1.54, 1.807) is 11.3 Å². The molecule has 0 bridgehead atoms. The molecule has 3 heteroatoms. The Bertz CT molecular complexity index is 279. The van der Waals surface area contributed by atoms with Gasteiger partial charge in [-0.25, -0.2) is 0 Å². The number of thiophene rings is 1. The largest absolute Gasteiger partial charge is 0.396 e. The van der Waals surface area contributed by atoms with E-state index in [4.69, 9.17) is 0 Å². The molecule has 1 saturated carbocycles. The number of hydrogen-bond acceptors (Lipinski definition) is 3. The number of aliphatic hydroxyl groups excluding tert-OH is 1. The van der Waals surface area contributed by atoms with Crippen LogP contribution in [-0.2, 0) is 6.54 Å². The standard InChI is InChI=1S/C11H17NOS/c1-12(7-10-3-2-6-14-10)8-11(9-13)4-5-11/h2-3,6,13H,4-5,7-9H2,1H3. The summed E-state index contributed by atoms with van der Waals surface area (Å²) < 4.78 is 0. The Morgan fingerprint density at radius 1 is 1.57 bits per heavy atom. The van der Waals surface area contributed by atoms with E-state index in [2.05, 4.69) is 29.5 Å². The second-order valence-electron chi connectivity index (χ2n) is 4.41. The maximum atomic E-state index is 9.21. The Labute approximate surface area is 89.2 Å². The fourth-order valence-electron chi connectivity index (χ4n) is 1.84. The van der Waals surface area contributed by atoms with Crippen LogP contribution in [-0.4, -0.2) is 30.2 Å². The van der Waals surface area contributed by atoms with Crippen molar-refractivity contribution < 1.29 is 5.11 Å². The van der Waals surface area contributed by atoms with Crippen molar-refractivity contribution in [1.82, 2.24) is 4.90 Å². The zero-order valence-corrected chi connectivity index (χ0v) is 9.39. The van der Waals surface area contributed by atoms with Crippen molar-refractivity contribution >= 4 is 11.3 Å². The van der Waals surface area contributed by atoms with E-state index >= 15 is 0 Å². The zero-order chi connectivity index (χ0) is 10.0. The molecule has 0 unspecified atom stereocenters. The predicted octanol–water partition coefficient (Wildman–Crippen LogP) is 1.95. The van der Waals surface area contributed by atoms with Crippen LogP contribution < -0.4 is 0 Å². The molecule has 0 saturated heterocycles. The van der Waals surface area contributed by atoms with E-state index in [1.165, 1.54) is 17.7 Å². The first-order valence-corrected chi connectivity index (χ1v) is 5.94. The second kappa shape index (κ2) is 4.01. The third kappa shape index (κ3) is 2.35. The van der Waals surface area contributed by atoms with E-state index in [0.717, 1.165) is 13.1 Å². The van der Waals surface area contributed by atoms with Crippen LogP contribution in [0.5, 0.6) is 0 Å². The summed E-state index contributed by atoms with van der Waals surface area (Å²) in [6.07, 6.45) is 2.39. The third-order valence-electron chi connectivity index (χ3n) is 2.90. The Kier molecular flexibility index (Phi) is 2.91. The van der Waals surface area contributed by atoms with Gasteiger partial charge in [-0.3, -0.25) is 0 Å². The van der Waals surface area contributed by atoms with Crippen LogP contribution in [0.2, 0.25) is 0 Å². The summed E-state index contributed by atoms with van der Waals surface area (Å²) in [4.78, 5) is 3.72. The third-order valence-corrected chi connectivity index (χ3v) is 3.76. The minimum absolute atomic E-state index is 0.242. The number of nitrogens with zero attached hydrogens (tertiary/aromatic N) is 1. The quantitative estimate of drug-likeness (QED) is 0.804. The topological polar surface area (TPSA) is 23.5 Å². The molecule has 1 aromatic rings. The number of aliphatic hydroxyl groups is 1. The van der Waals surface area contributed by atoms with Crippen molar-refractivity contribution in [2.24, 2.45) is 5.41 Å². The van der Waals surface area contributed by atoms with Crippen LogP contribution in [0.3, 0.4) is 0 Å². The van der Waals surface area contributed by atoms with Crippen molar-refractivity contribution in [3.8, 4) is 0 Å². The molecule has 2 rings (SSSR count). The summed E-state index contributed by atoms with van der Waals surface area (Å²) in [6, 6.07) is 4.26. The minimum Gasteiger partial charge on any atom is -0.396 e. The fraction of sp³-hybridized carbons (Fsp3) is 0.636. The van der Waals surface area contributed by atoms with Gasteiger partial charge in [0.15, 0.2) is 0 Å². The van der Waals surface area contributed by atoms with Crippen LogP contribution in [0.4, 0.5) is 0 Å². The van der Waals surface area contributed by atoms with Crippen molar-refractivity contribution in [2.45, 2.75) is 19.4 Å². The summed E-state index contributed by atoms with van der Waals surface area (Å²) in [7, 11) is 2.13. The van der Waals surface area contributed by atoms with E-state index in [9.17, 15) is 5.11 Å². The Balaban J connectivity index is 1.82. The summed E-state index contributed by atoms with van der Waals surface area (Å²) in [6.45, 7) is 2.39. The molecule has 1 N–H and O–H groups in total. The molecule has 1 heterocycles. The van der Waals surface area contributed by atoms with Gasteiger partial charge in [-0.1, -0.05) is 6.07 Å². The minimum atomic E-state index is 0.242. The molecule has 1 fully saturated rings. The first kappa shape index (κ1) is 10.1. The molecule has 1 aromatic heterocycles. The molecule has 0 atom stereocenters. The first-order chi connectivity index (χ1) is 6.74. The Morgan fingerprint density at radius 3 is 2.86 bits per heavy atom. The molecule has 1 aliphatic rings. The molecule has 0 amide bonds. The molecule has 0 spiro atoms. The lowest BCUT2D eigenvalue weighted by Crippen LogP contribution is -2.28. The van der Waals surface area contributed by atoms with Gasteiger partial charge in [-0.15, -0.1) is 11.3 Å². The Hall–Kier alpha value is -0.380. The molecule has 78 valence electrons. The highest BCUT2D eigenvalue weighted by molar-refractivity contribution is 7.09. The first-order valence-electron chi connectivity index (χ1n) is 5.06. The van der Waals surface area contributed by atoms with Gasteiger partial charge >= 0.3 is 0 Å². The maximum Gasteiger partial charge on any atom is 0.0499 e. The SMILES string of the molecule is CN(Cc1cccs1)CC1(CO)CC1. The summed E-state index contributed by atoms with van der Waals surface area (Å²) >= 11 is 1.80. The fourth-order valence-corrected chi connectivity index (χ4v) is 2.62. The molecular weight excluding hydrogens is 194 g/mol. The highest BCUT2D eigenvalue weighted by Crippen LogP contribution is 2.45. The lowest BCUT2D eigenvalue weighted by atomic mass is 10.1. The summed E-state index contributed by atoms with van der Waals surface area (Å²) in [5, 5.41) is 11.3. The Morgan fingerprint density at radius 2 is 2.36 bits per heavy atom. The van der Waals surface area contributed by atoms with Crippen molar-refractivity contribution in [2.75, 3.05) is 20.2 Å². The van der Waals surface area contributed by atoms with Crippen LogP contribution in [0.15, 0.2) is 17.5 Å². The van der Waals surface area contributed by atoms with Gasteiger partial charge in [0.25, 0.3) is 0 Å². The zero-order valence-electron chi connectivity index (χ0n) is 8.57. The van der Waals surface area contributed by atoms with Gasteiger partial charge < -0.3 is 10.0 Å². The average Bonchev–Trinajstić information content (AvgIpc) is 2.74. The van der Waals surface area contributed by atoms with Gasteiger partial charge in [0.2, 0.25) is 0 Å². The highest BCUT2D eigenvalue weighted by atomic mass is 32.1. The van der Waals surface area contributed by atoms with Crippen molar-refractivity contribution in [3.05, 3.63) is 22.4 Å². The lowest BCUT2D eigenvalue weighted by molar-refractivity contribution is 0.161. The molecule has 0 radical (unpaired) electrons. The normalized spacial score (nSPS) is 18.8. The van der Waals surface area contributed by atoms with Gasteiger partial charge in [-0.05, 0) is 31.3 Å².